The molecule has 18 heavy (non-hydrogen) atoms. The average Bonchev–Trinajstić information content (AvgIpc) is 2.38. The first-order chi connectivity index (χ1) is 8.58. The van der Waals surface area contributed by atoms with Gasteiger partial charge in [0, 0.05) is 17.8 Å². The fourth-order valence-electron chi connectivity index (χ4n) is 1.66. The Morgan fingerprint density at radius 3 is 2.78 bits per heavy atom. The molecular formula is C14H15ClN2O. The van der Waals surface area contributed by atoms with Crippen molar-refractivity contribution in [2.75, 3.05) is 11.9 Å². The molecule has 2 aromatic rings. The number of aromatic nitrogens is 1. The number of pyridine rings is 1. The highest BCUT2D eigenvalue weighted by Gasteiger charge is 2.23. The summed E-state index contributed by atoms with van der Waals surface area (Å²) in [5.74, 6) is 0.736. The molecule has 94 valence electrons. The molecule has 1 aromatic carbocycles. The van der Waals surface area contributed by atoms with Gasteiger partial charge >= 0.3 is 0 Å². The van der Waals surface area contributed by atoms with Gasteiger partial charge in [0.1, 0.15) is 11.4 Å². The van der Waals surface area contributed by atoms with E-state index < -0.39 is 5.60 Å². The number of halogens is 1. The topological polar surface area (TPSA) is 45.1 Å². The maximum atomic E-state index is 10.4. The Balaban J connectivity index is 2.08. The van der Waals surface area contributed by atoms with E-state index in [4.69, 9.17) is 11.6 Å². The summed E-state index contributed by atoms with van der Waals surface area (Å²) in [6.07, 6.45) is 1.70. The lowest BCUT2D eigenvalue weighted by Crippen LogP contribution is -2.30. The van der Waals surface area contributed by atoms with Crippen LogP contribution >= 0.6 is 11.6 Å². The number of hydrogen-bond acceptors (Lipinski definition) is 3. The third-order valence-corrected chi connectivity index (χ3v) is 2.96. The quantitative estimate of drug-likeness (QED) is 0.890. The summed E-state index contributed by atoms with van der Waals surface area (Å²) in [5, 5.41) is 14.1. The lowest BCUT2D eigenvalue weighted by molar-refractivity contribution is 0.0714. The van der Waals surface area contributed by atoms with E-state index in [0.717, 1.165) is 11.4 Å². The van der Waals surface area contributed by atoms with Gasteiger partial charge in [-0.2, -0.15) is 0 Å². The van der Waals surface area contributed by atoms with Crippen molar-refractivity contribution in [3.63, 3.8) is 0 Å². The second kappa shape index (κ2) is 5.38. The molecule has 0 saturated carbocycles. The van der Waals surface area contributed by atoms with Gasteiger partial charge in [0.25, 0.3) is 0 Å². The predicted octanol–water partition coefficient (Wildman–Crippen LogP) is 3.05. The monoisotopic (exact) mass is 262 g/mol. The van der Waals surface area contributed by atoms with Gasteiger partial charge in [-0.3, -0.25) is 0 Å². The van der Waals surface area contributed by atoms with Crippen LogP contribution in [0.15, 0.2) is 48.7 Å². The minimum atomic E-state index is -0.998. The van der Waals surface area contributed by atoms with E-state index in [1.54, 1.807) is 25.3 Å². The highest BCUT2D eigenvalue weighted by molar-refractivity contribution is 6.30. The molecule has 0 amide bonds. The molecule has 0 aliphatic carbocycles. The number of benzene rings is 1. The molecule has 4 heteroatoms. The van der Waals surface area contributed by atoms with E-state index in [1.165, 1.54) is 0 Å². The minimum Gasteiger partial charge on any atom is -0.384 e. The first-order valence-electron chi connectivity index (χ1n) is 5.71. The molecule has 0 fully saturated rings. The molecule has 0 aliphatic rings. The molecule has 2 N–H and O–H groups in total. The average molecular weight is 263 g/mol. The van der Waals surface area contributed by atoms with E-state index in [1.807, 2.05) is 30.3 Å². The minimum absolute atomic E-state index is 0.365. The van der Waals surface area contributed by atoms with Gasteiger partial charge in [0.15, 0.2) is 0 Å². The lowest BCUT2D eigenvalue weighted by Gasteiger charge is -2.24. The molecule has 0 aliphatic heterocycles. The number of hydrogen-bond donors (Lipinski definition) is 2. The van der Waals surface area contributed by atoms with Crippen LogP contribution in [0, 0.1) is 0 Å². The van der Waals surface area contributed by atoms with Gasteiger partial charge in [-0.15, -0.1) is 0 Å². The molecule has 3 nitrogen and oxygen atoms in total. The van der Waals surface area contributed by atoms with E-state index >= 15 is 0 Å². The van der Waals surface area contributed by atoms with Gasteiger partial charge in [-0.05, 0) is 36.8 Å². The zero-order valence-electron chi connectivity index (χ0n) is 10.1. The van der Waals surface area contributed by atoms with E-state index in [9.17, 15) is 5.11 Å². The molecule has 0 saturated heterocycles. The highest BCUT2D eigenvalue weighted by atomic mass is 35.5. The van der Waals surface area contributed by atoms with Gasteiger partial charge in [0.05, 0.1) is 0 Å². The highest BCUT2D eigenvalue weighted by Crippen LogP contribution is 2.23. The van der Waals surface area contributed by atoms with Crippen LogP contribution in [0.2, 0.25) is 5.02 Å². The molecular weight excluding hydrogens is 248 g/mol. The number of rotatable bonds is 4. The molecule has 1 atom stereocenters. The number of nitrogens with one attached hydrogen (secondary N) is 1. The SMILES string of the molecule is CC(O)(CNc1ccccn1)c1cccc(Cl)c1. The van der Waals surface area contributed by atoms with E-state index in [-0.39, 0.29) is 0 Å². The van der Waals surface area contributed by atoms with Crippen molar-refractivity contribution in [2.24, 2.45) is 0 Å². The zero-order chi connectivity index (χ0) is 13.0. The Hall–Kier alpha value is -1.58. The third kappa shape index (κ3) is 3.22. The van der Waals surface area contributed by atoms with Crippen molar-refractivity contribution in [2.45, 2.75) is 12.5 Å². The van der Waals surface area contributed by atoms with Gasteiger partial charge in [-0.25, -0.2) is 4.98 Å². The summed E-state index contributed by atoms with van der Waals surface area (Å²) in [6.45, 7) is 2.11. The largest absolute Gasteiger partial charge is 0.384 e. The number of anilines is 1. The van der Waals surface area contributed by atoms with Crippen LogP contribution in [0.5, 0.6) is 0 Å². The second-order valence-electron chi connectivity index (χ2n) is 4.35. The van der Waals surface area contributed by atoms with E-state index in [2.05, 4.69) is 10.3 Å². The Bertz CT molecular complexity index is 514. The maximum Gasteiger partial charge on any atom is 0.125 e. The summed E-state index contributed by atoms with van der Waals surface area (Å²) < 4.78 is 0. The lowest BCUT2D eigenvalue weighted by atomic mass is 9.96. The molecule has 0 bridgehead atoms. The summed E-state index contributed by atoms with van der Waals surface area (Å²) in [4.78, 5) is 4.14. The van der Waals surface area contributed by atoms with Crippen molar-refractivity contribution in [1.29, 1.82) is 0 Å². The van der Waals surface area contributed by atoms with Crippen LogP contribution in [0.4, 0.5) is 5.82 Å². The summed E-state index contributed by atoms with van der Waals surface area (Å²) in [5.41, 5.74) is -0.221. The molecule has 0 spiro atoms. The van der Waals surface area contributed by atoms with Crippen LogP contribution < -0.4 is 5.32 Å². The fourth-order valence-corrected chi connectivity index (χ4v) is 1.85. The first-order valence-corrected chi connectivity index (χ1v) is 6.09. The van der Waals surface area contributed by atoms with Crippen molar-refractivity contribution >= 4 is 17.4 Å². The molecule has 2 rings (SSSR count). The molecule has 1 aromatic heterocycles. The van der Waals surface area contributed by atoms with Gasteiger partial charge in [-0.1, -0.05) is 29.8 Å². The van der Waals surface area contributed by atoms with Crippen molar-refractivity contribution in [1.82, 2.24) is 4.98 Å². The van der Waals surface area contributed by atoms with Crippen molar-refractivity contribution < 1.29 is 5.11 Å². The van der Waals surface area contributed by atoms with Crippen molar-refractivity contribution in [3.05, 3.63) is 59.2 Å². The normalized spacial score (nSPS) is 13.9. The molecule has 1 unspecified atom stereocenters. The zero-order valence-corrected chi connectivity index (χ0v) is 10.9. The summed E-state index contributed by atoms with van der Waals surface area (Å²) in [7, 11) is 0. The van der Waals surface area contributed by atoms with Crippen molar-refractivity contribution in [3.8, 4) is 0 Å². The second-order valence-corrected chi connectivity index (χ2v) is 4.79. The predicted molar refractivity (Wildman–Crippen MR) is 73.7 cm³/mol. The Morgan fingerprint density at radius 2 is 2.11 bits per heavy atom. The molecule has 0 radical (unpaired) electrons. The van der Waals surface area contributed by atoms with Crippen LogP contribution in [0.1, 0.15) is 12.5 Å². The first kappa shape index (κ1) is 12.9. The Morgan fingerprint density at radius 1 is 1.28 bits per heavy atom. The Labute approximate surface area is 111 Å². The smallest absolute Gasteiger partial charge is 0.125 e. The fraction of sp³-hybridized carbons (Fsp3) is 0.214. The van der Waals surface area contributed by atoms with Crippen LogP contribution in [0.25, 0.3) is 0 Å². The third-order valence-electron chi connectivity index (χ3n) is 2.73. The van der Waals surface area contributed by atoms with Crippen LogP contribution in [-0.2, 0) is 5.60 Å². The number of nitrogens with zero attached hydrogens (tertiary/aromatic N) is 1. The van der Waals surface area contributed by atoms with Gasteiger partial charge < -0.3 is 10.4 Å². The standard InChI is InChI=1S/C14H15ClN2O/c1-14(18,11-5-4-6-12(15)9-11)10-17-13-7-2-3-8-16-13/h2-9,18H,10H2,1H3,(H,16,17). The van der Waals surface area contributed by atoms with Crippen LogP contribution in [0.3, 0.4) is 0 Å². The van der Waals surface area contributed by atoms with E-state index in [0.29, 0.717) is 11.6 Å². The summed E-state index contributed by atoms with van der Waals surface area (Å²) >= 11 is 5.92. The van der Waals surface area contributed by atoms with Crippen LogP contribution in [-0.4, -0.2) is 16.6 Å². The summed E-state index contributed by atoms with van der Waals surface area (Å²) in [6, 6.07) is 12.8. The Kier molecular flexibility index (Phi) is 3.84. The molecule has 1 heterocycles. The maximum absolute atomic E-state index is 10.4. The number of aliphatic hydroxyl groups is 1. The van der Waals surface area contributed by atoms with Gasteiger partial charge in [0.2, 0.25) is 0 Å².